The zero-order valence-electron chi connectivity index (χ0n) is 7.96. The SMILES string of the molecule is CC(C)CC(=O)N[C@@H](C)CN.Cl. The predicted molar refractivity (Wildman–Crippen MR) is 53.4 cm³/mol. The molecule has 3 nitrogen and oxygen atoms in total. The van der Waals surface area contributed by atoms with Crippen LogP contribution in [0.25, 0.3) is 0 Å². The van der Waals surface area contributed by atoms with Gasteiger partial charge in [-0.15, -0.1) is 12.4 Å². The molecule has 0 bridgehead atoms. The average Bonchev–Trinajstić information content (AvgIpc) is 1.85. The van der Waals surface area contributed by atoms with Gasteiger partial charge in [0.1, 0.15) is 0 Å². The van der Waals surface area contributed by atoms with Crippen LogP contribution in [0.5, 0.6) is 0 Å². The van der Waals surface area contributed by atoms with Crippen molar-refractivity contribution in [2.75, 3.05) is 6.54 Å². The van der Waals surface area contributed by atoms with Crippen LogP contribution in [-0.2, 0) is 4.79 Å². The van der Waals surface area contributed by atoms with Crippen molar-refractivity contribution in [1.82, 2.24) is 5.32 Å². The van der Waals surface area contributed by atoms with Gasteiger partial charge in [-0.2, -0.15) is 0 Å². The first-order valence-electron chi connectivity index (χ1n) is 4.05. The molecular formula is C8H19ClN2O. The Morgan fingerprint density at radius 2 is 1.92 bits per heavy atom. The van der Waals surface area contributed by atoms with E-state index in [-0.39, 0.29) is 24.4 Å². The Kier molecular flexibility index (Phi) is 8.76. The summed E-state index contributed by atoms with van der Waals surface area (Å²) in [6, 6.07) is 0.0984. The topological polar surface area (TPSA) is 55.1 Å². The molecule has 0 aromatic carbocycles. The van der Waals surface area contributed by atoms with Crippen molar-refractivity contribution in [2.24, 2.45) is 11.7 Å². The maximum absolute atomic E-state index is 11.1. The van der Waals surface area contributed by atoms with Crippen LogP contribution in [0.15, 0.2) is 0 Å². The summed E-state index contributed by atoms with van der Waals surface area (Å²) in [4.78, 5) is 11.1. The van der Waals surface area contributed by atoms with Gasteiger partial charge in [-0.25, -0.2) is 0 Å². The molecule has 3 N–H and O–H groups in total. The molecule has 0 fully saturated rings. The Morgan fingerprint density at radius 3 is 2.25 bits per heavy atom. The Balaban J connectivity index is 0. The molecule has 1 amide bonds. The summed E-state index contributed by atoms with van der Waals surface area (Å²) in [6.07, 6.45) is 0.588. The molecule has 1 atom stereocenters. The zero-order chi connectivity index (χ0) is 8.85. The minimum Gasteiger partial charge on any atom is -0.352 e. The Hall–Kier alpha value is -0.280. The Bertz CT molecular complexity index is 128. The summed E-state index contributed by atoms with van der Waals surface area (Å²) < 4.78 is 0. The van der Waals surface area contributed by atoms with Gasteiger partial charge in [-0.1, -0.05) is 13.8 Å². The molecule has 0 saturated carbocycles. The summed E-state index contributed by atoms with van der Waals surface area (Å²) in [5, 5.41) is 2.80. The maximum Gasteiger partial charge on any atom is 0.220 e. The summed E-state index contributed by atoms with van der Waals surface area (Å²) in [7, 11) is 0. The minimum absolute atomic E-state index is 0. The van der Waals surface area contributed by atoms with Crippen molar-refractivity contribution in [3.05, 3.63) is 0 Å². The number of rotatable bonds is 4. The molecule has 0 aliphatic heterocycles. The van der Waals surface area contributed by atoms with Crippen LogP contribution >= 0.6 is 12.4 Å². The van der Waals surface area contributed by atoms with Gasteiger partial charge in [-0.3, -0.25) is 4.79 Å². The van der Waals surface area contributed by atoms with Gasteiger partial charge in [0.05, 0.1) is 0 Å². The van der Waals surface area contributed by atoms with Gasteiger partial charge in [0.15, 0.2) is 0 Å². The maximum atomic E-state index is 11.1. The fraction of sp³-hybridized carbons (Fsp3) is 0.875. The highest BCUT2D eigenvalue weighted by Crippen LogP contribution is 1.98. The van der Waals surface area contributed by atoms with E-state index >= 15 is 0 Å². The highest BCUT2D eigenvalue weighted by atomic mass is 35.5. The smallest absolute Gasteiger partial charge is 0.220 e. The predicted octanol–water partition coefficient (Wildman–Crippen LogP) is 0.918. The molecule has 0 saturated heterocycles. The summed E-state index contributed by atoms with van der Waals surface area (Å²) in [5.41, 5.74) is 5.34. The molecule has 0 radical (unpaired) electrons. The monoisotopic (exact) mass is 194 g/mol. The second-order valence-electron chi connectivity index (χ2n) is 3.30. The fourth-order valence-corrected chi connectivity index (χ4v) is 0.763. The van der Waals surface area contributed by atoms with Crippen LogP contribution in [-0.4, -0.2) is 18.5 Å². The number of hydrogen-bond donors (Lipinski definition) is 2. The van der Waals surface area contributed by atoms with E-state index < -0.39 is 0 Å². The van der Waals surface area contributed by atoms with Gasteiger partial charge in [-0.05, 0) is 12.8 Å². The lowest BCUT2D eigenvalue weighted by molar-refractivity contribution is -0.122. The van der Waals surface area contributed by atoms with Crippen molar-refractivity contribution >= 4 is 18.3 Å². The molecule has 0 aliphatic carbocycles. The number of halogens is 1. The van der Waals surface area contributed by atoms with Crippen LogP contribution in [0, 0.1) is 5.92 Å². The Labute approximate surface area is 80.5 Å². The van der Waals surface area contributed by atoms with Gasteiger partial charge < -0.3 is 11.1 Å². The minimum atomic E-state index is 0. The van der Waals surface area contributed by atoms with Crippen LogP contribution < -0.4 is 11.1 Å². The van der Waals surface area contributed by atoms with E-state index in [2.05, 4.69) is 5.32 Å². The lowest BCUT2D eigenvalue weighted by Gasteiger charge is -2.11. The number of nitrogens with one attached hydrogen (secondary N) is 1. The number of hydrogen-bond acceptors (Lipinski definition) is 2. The lowest BCUT2D eigenvalue weighted by atomic mass is 10.1. The van der Waals surface area contributed by atoms with Crippen molar-refractivity contribution in [3.8, 4) is 0 Å². The molecule has 74 valence electrons. The van der Waals surface area contributed by atoms with Crippen LogP contribution in [0.2, 0.25) is 0 Å². The summed E-state index contributed by atoms with van der Waals surface area (Å²) >= 11 is 0. The summed E-state index contributed by atoms with van der Waals surface area (Å²) in [5.74, 6) is 0.512. The van der Waals surface area contributed by atoms with Crippen LogP contribution in [0.4, 0.5) is 0 Å². The van der Waals surface area contributed by atoms with E-state index in [1.165, 1.54) is 0 Å². The first kappa shape index (κ1) is 14.3. The van der Waals surface area contributed by atoms with E-state index in [0.29, 0.717) is 18.9 Å². The van der Waals surface area contributed by atoms with Crippen molar-refractivity contribution < 1.29 is 4.79 Å². The third kappa shape index (κ3) is 7.82. The third-order valence-corrected chi connectivity index (χ3v) is 1.35. The van der Waals surface area contributed by atoms with E-state index in [1.807, 2.05) is 20.8 Å². The summed E-state index contributed by atoms with van der Waals surface area (Å²) in [6.45, 7) is 6.45. The molecule has 0 aromatic heterocycles. The Morgan fingerprint density at radius 1 is 1.42 bits per heavy atom. The first-order valence-corrected chi connectivity index (χ1v) is 4.05. The van der Waals surface area contributed by atoms with E-state index in [1.54, 1.807) is 0 Å². The quantitative estimate of drug-likeness (QED) is 0.700. The highest BCUT2D eigenvalue weighted by Gasteiger charge is 2.06. The normalized spacial score (nSPS) is 12.1. The molecule has 0 unspecified atom stereocenters. The number of carbonyl (C=O) groups is 1. The van der Waals surface area contributed by atoms with Gasteiger partial charge in [0.2, 0.25) is 5.91 Å². The average molecular weight is 195 g/mol. The highest BCUT2D eigenvalue weighted by molar-refractivity contribution is 5.85. The third-order valence-electron chi connectivity index (χ3n) is 1.35. The molecule has 0 heterocycles. The largest absolute Gasteiger partial charge is 0.352 e. The molecular weight excluding hydrogens is 176 g/mol. The second-order valence-corrected chi connectivity index (χ2v) is 3.30. The van der Waals surface area contributed by atoms with E-state index in [9.17, 15) is 4.79 Å². The van der Waals surface area contributed by atoms with Crippen molar-refractivity contribution in [2.45, 2.75) is 33.2 Å². The standard InChI is InChI=1S/C8H18N2O.ClH/c1-6(2)4-8(11)10-7(3)5-9;/h6-7H,4-5,9H2,1-3H3,(H,10,11);1H/t7-;/m0./s1. The first-order chi connectivity index (χ1) is 5.06. The van der Waals surface area contributed by atoms with Gasteiger partial charge in [0, 0.05) is 19.0 Å². The molecule has 0 spiro atoms. The number of amides is 1. The molecule has 4 heteroatoms. The zero-order valence-corrected chi connectivity index (χ0v) is 8.78. The number of carbonyl (C=O) groups excluding carboxylic acids is 1. The van der Waals surface area contributed by atoms with Gasteiger partial charge >= 0.3 is 0 Å². The van der Waals surface area contributed by atoms with Gasteiger partial charge in [0.25, 0.3) is 0 Å². The van der Waals surface area contributed by atoms with Crippen LogP contribution in [0.3, 0.4) is 0 Å². The van der Waals surface area contributed by atoms with Crippen LogP contribution in [0.1, 0.15) is 27.2 Å². The molecule has 0 aromatic rings. The second kappa shape index (κ2) is 7.37. The molecule has 0 rings (SSSR count). The fourth-order valence-electron chi connectivity index (χ4n) is 0.763. The van der Waals surface area contributed by atoms with Crippen molar-refractivity contribution in [3.63, 3.8) is 0 Å². The number of nitrogens with two attached hydrogens (primary N) is 1. The van der Waals surface area contributed by atoms with E-state index in [0.717, 1.165) is 0 Å². The lowest BCUT2D eigenvalue weighted by Crippen LogP contribution is -2.38. The van der Waals surface area contributed by atoms with Crippen molar-refractivity contribution in [1.29, 1.82) is 0 Å². The molecule has 0 aliphatic rings. The van der Waals surface area contributed by atoms with E-state index in [4.69, 9.17) is 5.73 Å². The molecule has 12 heavy (non-hydrogen) atoms.